The molecule has 0 radical (unpaired) electrons. The van der Waals surface area contributed by atoms with Crippen molar-refractivity contribution in [2.45, 2.75) is 33.1 Å². The lowest BCUT2D eigenvalue weighted by Gasteiger charge is -2.19. The van der Waals surface area contributed by atoms with E-state index in [0.29, 0.717) is 36.2 Å². The summed E-state index contributed by atoms with van der Waals surface area (Å²) < 4.78 is 5.08. The first-order valence-electron chi connectivity index (χ1n) is 7.34. The van der Waals surface area contributed by atoms with Crippen molar-refractivity contribution in [2.24, 2.45) is 17.6 Å². The summed E-state index contributed by atoms with van der Waals surface area (Å²) >= 11 is 0. The molecule has 1 atom stereocenters. The van der Waals surface area contributed by atoms with E-state index in [1.54, 1.807) is 12.1 Å². The highest BCUT2D eigenvalue weighted by atomic mass is 16.5. The zero-order valence-electron chi connectivity index (χ0n) is 13.1. The summed E-state index contributed by atoms with van der Waals surface area (Å²) in [6.45, 7) is 4.93. The zero-order valence-corrected chi connectivity index (χ0v) is 13.1. The van der Waals surface area contributed by atoms with E-state index in [0.717, 1.165) is 12.8 Å². The molecule has 0 aliphatic carbocycles. The van der Waals surface area contributed by atoms with Crippen LogP contribution in [0.1, 0.15) is 33.1 Å². The molecule has 1 amide bonds. The number of nitrogens with one attached hydrogen (secondary N) is 1. The van der Waals surface area contributed by atoms with Crippen LogP contribution in [0, 0.1) is 11.8 Å². The van der Waals surface area contributed by atoms with Crippen molar-refractivity contribution >= 4 is 11.6 Å². The summed E-state index contributed by atoms with van der Waals surface area (Å²) in [6.07, 6.45) is 2.14. The normalized spacial score (nSPS) is 12.2. The van der Waals surface area contributed by atoms with Gasteiger partial charge in [0.05, 0.1) is 12.8 Å². The molecule has 1 aromatic rings. The van der Waals surface area contributed by atoms with Gasteiger partial charge in [0.1, 0.15) is 11.5 Å². The van der Waals surface area contributed by atoms with Gasteiger partial charge in [-0.05, 0) is 43.4 Å². The van der Waals surface area contributed by atoms with Crippen molar-refractivity contribution in [1.29, 1.82) is 0 Å². The summed E-state index contributed by atoms with van der Waals surface area (Å²) in [5.74, 6) is 1.46. The third kappa shape index (κ3) is 5.63. The van der Waals surface area contributed by atoms with Gasteiger partial charge in [0.25, 0.3) is 0 Å². The van der Waals surface area contributed by atoms with Crippen molar-refractivity contribution in [3.63, 3.8) is 0 Å². The van der Waals surface area contributed by atoms with Crippen LogP contribution >= 0.6 is 0 Å². The molecule has 5 heteroatoms. The Hall–Kier alpha value is -1.75. The number of phenolic OH excluding ortho intramolecular Hbond substituents is 1. The first kappa shape index (κ1) is 17.3. The molecule has 0 fully saturated rings. The Morgan fingerprint density at radius 3 is 2.67 bits per heavy atom. The van der Waals surface area contributed by atoms with Gasteiger partial charge < -0.3 is 20.9 Å². The molecular formula is C16H26N2O3. The molecule has 0 saturated carbocycles. The number of benzene rings is 1. The van der Waals surface area contributed by atoms with Crippen LogP contribution in [0.4, 0.5) is 5.69 Å². The molecule has 5 nitrogen and oxygen atoms in total. The van der Waals surface area contributed by atoms with Crippen LogP contribution in [0.2, 0.25) is 0 Å². The van der Waals surface area contributed by atoms with Crippen molar-refractivity contribution in [3.8, 4) is 11.5 Å². The van der Waals surface area contributed by atoms with Gasteiger partial charge in [0, 0.05) is 12.5 Å². The first-order chi connectivity index (χ1) is 9.97. The van der Waals surface area contributed by atoms with Crippen molar-refractivity contribution in [1.82, 2.24) is 0 Å². The van der Waals surface area contributed by atoms with Gasteiger partial charge in [0.15, 0.2) is 0 Å². The number of nitrogens with two attached hydrogens (primary N) is 1. The summed E-state index contributed by atoms with van der Waals surface area (Å²) in [7, 11) is 1.54. The van der Waals surface area contributed by atoms with E-state index < -0.39 is 0 Å². The van der Waals surface area contributed by atoms with E-state index in [4.69, 9.17) is 10.5 Å². The summed E-state index contributed by atoms with van der Waals surface area (Å²) in [6, 6.07) is 4.74. The molecule has 0 aliphatic rings. The molecule has 0 heterocycles. The predicted octanol–water partition coefficient (Wildman–Crippen LogP) is 2.74. The Morgan fingerprint density at radius 1 is 1.38 bits per heavy atom. The Kier molecular flexibility index (Phi) is 7.02. The minimum absolute atomic E-state index is 0.0338. The quantitative estimate of drug-likeness (QED) is 0.644. The molecule has 0 bridgehead atoms. The van der Waals surface area contributed by atoms with Crippen molar-refractivity contribution in [3.05, 3.63) is 18.2 Å². The van der Waals surface area contributed by atoms with E-state index in [2.05, 4.69) is 19.2 Å². The van der Waals surface area contributed by atoms with Crippen LogP contribution in [-0.4, -0.2) is 24.7 Å². The van der Waals surface area contributed by atoms with Gasteiger partial charge in [-0.25, -0.2) is 0 Å². The Balaban J connectivity index is 2.57. The van der Waals surface area contributed by atoms with Crippen LogP contribution in [0.15, 0.2) is 18.2 Å². The second kappa shape index (κ2) is 8.52. The van der Waals surface area contributed by atoms with Crippen LogP contribution in [0.5, 0.6) is 11.5 Å². The highest BCUT2D eigenvalue weighted by Crippen LogP contribution is 2.28. The zero-order chi connectivity index (χ0) is 15.8. The topological polar surface area (TPSA) is 84.6 Å². The number of amides is 1. The summed E-state index contributed by atoms with van der Waals surface area (Å²) in [4.78, 5) is 12.0. The Bertz CT molecular complexity index is 461. The number of hydrogen-bond acceptors (Lipinski definition) is 4. The second-order valence-electron chi connectivity index (χ2n) is 5.55. The van der Waals surface area contributed by atoms with E-state index in [9.17, 15) is 9.90 Å². The molecule has 1 aromatic carbocycles. The van der Waals surface area contributed by atoms with Crippen LogP contribution in [0.25, 0.3) is 0 Å². The number of carbonyl (C=O) groups excluding carboxylic acids is 1. The fourth-order valence-electron chi connectivity index (χ4n) is 2.30. The van der Waals surface area contributed by atoms with Crippen molar-refractivity contribution in [2.75, 3.05) is 19.0 Å². The van der Waals surface area contributed by atoms with Crippen LogP contribution in [-0.2, 0) is 4.79 Å². The number of carbonyl (C=O) groups is 1. The number of ether oxygens (including phenoxy) is 1. The van der Waals surface area contributed by atoms with Gasteiger partial charge in [-0.2, -0.15) is 0 Å². The van der Waals surface area contributed by atoms with E-state index in [1.807, 2.05) is 0 Å². The summed E-state index contributed by atoms with van der Waals surface area (Å²) in [5, 5.41) is 12.5. The molecule has 1 unspecified atom stereocenters. The predicted molar refractivity (Wildman–Crippen MR) is 84.5 cm³/mol. The van der Waals surface area contributed by atoms with Gasteiger partial charge in [0.2, 0.25) is 5.91 Å². The highest BCUT2D eigenvalue weighted by Gasteiger charge is 2.15. The third-order valence-corrected chi connectivity index (χ3v) is 3.70. The van der Waals surface area contributed by atoms with E-state index >= 15 is 0 Å². The standard InChI is InChI=1S/C16H26N2O3/c1-11(2)12(8-9-17)4-7-16(20)18-14-10-13(21-3)5-6-15(14)19/h5-6,10-12,19H,4,7-9,17H2,1-3H3,(H,18,20). The number of rotatable bonds is 8. The van der Waals surface area contributed by atoms with E-state index in [-0.39, 0.29) is 11.7 Å². The lowest BCUT2D eigenvalue weighted by atomic mass is 9.88. The molecule has 118 valence electrons. The molecule has 1 rings (SSSR count). The maximum Gasteiger partial charge on any atom is 0.224 e. The lowest BCUT2D eigenvalue weighted by molar-refractivity contribution is -0.116. The Labute approximate surface area is 126 Å². The highest BCUT2D eigenvalue weighted by molar-refractivity contribution is 5.92. The minimum Gasteiger partial charge on any atom is -0.506 e. The third-order valence-electron chi connectivity index (χ3n) is 3.70. The molecule has 0 aliphatic heterocycles. The molecule has 4 N–H and O–H groups in total. The van der Waals surface area contributed by atoms with Gasteiger partial charge >= 0.3 is 0 Å². The average Bonchev–Trinajstić information content (AvgIpc) is 2.45. The number of hydrogen-bond donors (Lipinski definition) is 3. The maximum absolute atomic E-state index is 12.0. The summed E-state index contributed by atoms with van der Waals surface area (Å²) in [5.41, 5.74) is 5.98. The number of aromatic hydroxyl groups is 1. The molecule has 0 saturated heterocycles. The second-order valence-corrected chi connectivity index (χ2v) is 5.55. The SMILES string of the molecule is COc1ccc(O)c(NC(=O)CCC(CCN)C(C)C)c1. The smallest absolute Gasteiger partial charge is 0.224 e. The lowest BCUT2D eigenvalue weighted by Crippen LogP contribution is -2.18. The van der Waals surface area contributed by atoms with Crippen LogP contribution < -0.4 is 15.8 Å². The largest absolute Gasteiger partial charge is 0.506 e. The number of phenols is 1. The number of anilines is 1. The molecular weight excluding hydrogens is 268 g/mol. The molecule has 0 aromatic heterocycles. The fraction of sp³-hybridized carbons (Fsp3) is 0.562. The fourth-order valence-corrected chi connectivity index (χ4v) is 2.30. The van der Waals surface area contributed by atoms with Gasteiger partial charge in [-0.15, -0.1) is 0 Å². The maximum atomic E-state index is 12.0. The molecule has 21 heavy (non-hydrogen) atoms. The van der Waals surface area contributed by atoms with Gasteiger partial charge in [-0.1, -0.05) is 13.8 Å². The Morgan fingerprint density at radius 2 is 2.10 bits per heavy atom. The monoisotopic (exact) mass is 294 g/mol. The minimum atomic E-state index is -0.110. The van der Waals surface area contributed by atoms with Crippen LogP contribution in [0.3, 0.4) is 0 Å². The average molecular weight is 294 g/mol. The van der Waals surface area contributed by atoms with E-state index in [1.165, 1.54) is 13.2 Å². The first-order valence-corrected chi connectivity index (χ1v) is 7.34. The number of methoxy groups -OCH3 is 1. The molecule has 0 spiro atoms. The van der Waals surface area contributed by atoms with Crippen molar-refractivity contribution < 1.29 is 14.6 Å². The van der Waals surface area contributed by atoms with Gasteiger partial charge in [-0.3, -0.25) is 4.79 Å².